The minimum atomic E-state index is 0.946. The fourth-order valence-electron chi connectivity index (χ4n) is 4.25. The molecule has 29 heavy (non-hydrogen) atoms. The zero-order valence-electron chi connectivity index (χ0n) is 15.5. The molecule has 6 aromatic rings. The highest BCUT2D eigenvalue weighted by Crippen LogP contribution is 2.42. The van der Waals surface area contributed by atoms with Gasteiger partial charge >= 0.3 is 0 Å². The summed E-state index contributed by atoms with van der Waals surface area (Å²) in [5.74, 6) is 0. The molecule has 0 saturated carbocycles. The van der Waals surface area contributed by atoms with Crippen molar-refractivity contribution in [3.63, 3.8) is 0 Å². The number of hydrogen-bond acceptors (Lipinski definition) is 3. The van der Waals surface area contributed by atoms with E-state index in [0.29, 0.717) is 0 Å². The molecular formula is C26H16N2S. The first-order valence-electron chi connectivity index (χ1n) is 9.62. The molecule has 0 aliphatic carbocycles. The van der Waals surface area contributed by atoms with Crippen molar-refractivity contribution in [2.24, 2.45) is 0 Å². The van der Waals surface area contributed by atoms with E-state index in [1.807, 2.05) is 0 Å². The number of fused-ring (bicyclic) bond motifs is 3. The molecule has 2 nitrogen and oxygen atoms in total. The maximum Gasteiger partial charge on any atom is 0.113 e. The molecule has 0 fully saturated rings. The summed E-state index contributed by atoms with van der Waals surface area (Å²) in [5.41, 5.74) is 6.69. The quantitative estimate of drug-likeness (QED) is 0.310. The Hall–Kier alpha value is -3.56. The first-order valence-corrected chi connectivity index (χ1v) is 10.3. The second kappa shape index (κ2) is 6.50. The van der Waals surface area contributed by atoms with Crippen molar-refractivity contribution >= 4 is 44.3 Å². The van der Waals surface area contributed by atoms with Crippen LogP contribution in [0.5, 0.6) is 0 Å². The maximum absolute atomic E-state index is 4.70. The smallest absolute Gasteiger partial charge is 0.113 e. The van der Waals surface area contributed by atoms with Crippen LogP contribution in [0.15, 0.2) is 97.1 Å². The van der Waals surface area contributed by atoms with E-state index < -0.39 is 0 Å². The molecule has 0 aliphatic rings. The Labute approximate surface area is 172 Å². The van der Waals surface area contributed by atoms with Crippen molar-refractivity contribution in [2.45, 2.75) is 0 Å². The van der Waals surface area contributed by atoms with Gasteiger partial charge in [0, 0.05) is 5.56 Å². The maximum atomic E-state index is 4.70. The number of hydrogen-bond donors (Lipinski definition) is 0. The molecule has 0 spiro atoms. The third kappa shape index (κ3) is 2.55. The molecule has 0 N–H and O–H groups in total. The average molecular weight is 388 g/mol. The van der Waals surface area contributed by atoms with Crippen LogP contribution in [0.2, 0.25) is 0 Å². The Morgan fingerprint density at radius 1 is 0.483 bits per heavy atom. The van der Waals surface area contributed by atoms with E-state index in [-0.39, 0.29) is 0 Å². The van der Waals surface area contributed by atoms with Crippen molar-refractivity contribution in [3.8, 4) is 22.3 Å². The first kappa shape index (κ1) is 16.4. The summed E-state index contributed by atoms with van der Waals surface area (Å²) in [5, 5.41) is 4.95. The molecule has 0 bridgehead atoms. The Kier molecular flexibility index (Phi) is 3.68. The van der Waals surface area contributed by atoms with Crippen molar-refractivity contribution in [2.75, 3.05) is 0 Å². The van der Waals surface area contributed by atoms with E-state index in [0.717, 1.165) is 16.6 Å². The molecule has 6 rings (SSSR count). The normalized spacial score (nSPS) is 11.4. The van der Waals surface area contributed by atoms with E-state index in [1.165, 1.54) is 50.0 Å². The molecule has 5 aromatic carbocycles. The fraction of sp³-hybridized carbons (Fsp3) is 0. The molecule has 1 aromatic heterocycles. The Bertz CT molecular complexity index is 1500. The van der Waals surface area contributed by atoms with Crippen molar-refractivity contribution in [3.05, 3.63) is 97.1 Å². The average Bonchev–Trinajstić information content (AvgIpc) is 3.27. The van der Waals surface area contributed by atoms with Gasteiger partial charge in [-0.2, -0.15) is 8.75 Å². The predicted octanol–water partition coefficient (Wildman–Crippen LogP) is 7.33. The van der Waals surface area contributed by atoms with Gasteiger partial charge in [-0.1, -0.05) is 91.0 Å². The Balaban J connectivity index is 1.78. The van der Waals surface area contributed by atoms with Gasteiger partial charge in [-0.15, -0.1) is 0 Å². The van der Waals surface area contributed by atoms with Crippen LogP contribution in [0.4, 0.5) is 0 Å². The standard InChI is InChI=1S/C26H16N2S/c1-3-11-19-17(7-1)9-5-13-21(19)23-15-16-24-26(28-29-27-24)25(23)22-14-6-10-18-8-2-4-12-20(18)22/h1-16H. The molecule has 0 radical (unpaired) electrons. The molecule has 0 atom stereocenters. The van der Waals surface area contributed by atoms with Crippen LogP contribution >= 0.6 is 11.7 Å². The largest absolute Gasteiger partial charge is 0.173 e. The first-order chi connectivity index (χ1) is 14.4. The Morgan fingerprint density at radius 3 is 1.86 bits per heavy atom. The molecule has 0 amide bonds. The summed E-state index contributed by atoms with van der Waals surface area (Å²) in [7, 11) is 0. The second-order valence-electron chi connectivity index (χ2n) is 7.17. The molecule has 3 heteroatoms. The lowest BCUT2D eigenvalue weighted by Crippen LogP contribution is -1.90. The van der Waals surface area contributed by atoms with E-state index in [2.05, 4.69) is 101 Å². The zero-order chi connectivity index (χ0) is 19.2. The fourth-order valence-corrected chi connectivity index (χ4v) is 4.79. The summed E-state index contributed by atoms with van der Waals surface area (Å²) in [4.78, 5) is 0. The highest BCUT2D eigenvalue weighted by molar-refractivity contribution is 7.00. The summed E-state index contributed by atoms with van der Waals surface area (Å²) in [6.07, 6.45) is 0. The topological polar surface area (TPSA) is 25.8 Å². The van der Waals surface area contributed by atoms with Gasteiger partial charge < -0.3 is 0 Å². The highest BCUT2D eigenvalue weighted by atomic mass is 32.1. The Morgan fingerprint density at radius 2 is 1.10 bits per heavy atom. The monoisotopic (exact) mass is 388 g/mol. The van der Waals surface area contributed by atoms with Gasteiger partial charge in [0.15, 0.2) is 0 Å². The van der Waals surface area contributed by atoms with Crippen LogP contribution < -0.4 is 0 Å². The number of aromatic nitrogens is 2. The number of benzene rings is 5. The second-order valence-corrected chi connectivity index (χ2v) is 7.70. The van der Waals surface area contributed by atoms with Crippen molar-refractivity contribution < 1.29 is 0 Å². The van der Waals surface area contributed by atoms with Crippen LogP contribution in [0.3, 0.4) is 0 Å². The van der Waals surface area contributed by atoms with E-state index in [9.17, 15) is 0 Å². The van der Waals surface area contributed by atoms with Gasteiger partial charge in [0.25, 0.3) is 0 Å². The minimum Gasteiger partial charge on any atom is -0.173 e. The van der Waals surface area contributed by atoms with Gasteiger partial charge in [-0.05, 0) is 44.3 Å². The molecule has 0 aliphatic heterocycles. The van der Waals surface area contributed by atoms with E-state index in [4.69, 9.17) is 4.37 Å². The van der Waals surface area contributed by atoms with E-state index in [1.54, 1.807) is 0 Å². The minimum absolute atomic E-state index is 0.946. The van der Waals surface area contributed by atoms with Crippen LogP contribution in [0.1, 0.15) is 0 Å². The zero-order valence-corrected chi connectivity index (χ0v) is 16.4. The van der Waals surface area contributed by atoms with Crippen LogP contribution in [-0.4, -0.2) is 8.75 Å². The van der Waals surface area contributed by atoms with Gasteiger partial charge in [-0.3, -0.25) is 0 Å². The third-order valence-electron chi connectivity index (χ3n) is 5.57. The van der Waals surface area contributed by atoms with Crippen molar-refractivity contribution in [1.29, 1.82) is 0 Å². The van der Waals surface area contributed by atoms with Crippen LogP contribution in [0.25, 0.3) is 54.8 Å². The summed E-state index contributed by atoms with van der Waals surface area (Å²) in [6.45, 7) is 0. The molecule has 0 saturated heterocycles. The van der Waals surface area contributed by atoms with Gasteiger partial charge in [0.1, 0.15) is 11.0 Å². The lowest BCUT2D eigenvalue weighted by molar-refractivity contribution is 1.60. The van der Waals surface area contributed by atoms with Crippen molar-refractivity contribution in [1.82, 2.24) is 8.75 Å². The summed E-state index contributed by atoms with van der Waals surface area (Å²) < 4.78 is 9.21. The molecule has 1 heterocycles. The molecular weight excluding hydrogens is 372 g/mol. The van der Waals surface area contributed by atoms with E-state index >= 15 is 0 Å². The number of rotatable bonds is 2. The van der Waals surface area contributed by atoms with Gasteiger partial charge in [-0.25, -0.2) is 0 Å². The molecule has 136 valence electrons. The van der Waals surface area contributed by atoms with Crippen LogP contribution in [-0.2, 0) is 0 Å². The third-order valence-corrected chi connectivity index (χ3v) is 6.11. The molecule has 0 unspecified atom stereocenters. The highest BCUT2D eigenvalue weighted by Gasteiger charge is 2.17. The SMILES string of the molecule is c1ccc2c(-c3ccc4nsnc4c3-c3cccc4ccccc34)cccc2c1. The lowest BCUT2D eigenvalue weighted by Gasteiger charge is -2.15. The van der Waals surface area contributed by atoms with Crippen LogP contribution in [0, 0.1) is 0 Å². The van der Waals surface area contributed by atoms with Gasteiger partial charge in [0.2, 0.25) is 0 Å². The summed E-state index contributed by atoms with van der Waals surface area (Å²) >= 11 is 1.27. The number of nitrogens with zero attached hydrogens (tertiary/aromatic N) is 2. The predicted molar refractivity (Wildman–Crippen MR) is 123 cm³/mol. The lowest BCUT2D eigenvalue weighted by atomic mass is 9.88. The summed E-state index contributed by atoms with van der Waals surface area (Å²) in [6, 6.07) is 34.4. The van der Waals surface area contributed by atoms with Gasteiger partial charge in [0.05, 0.1) is 11.7 Å².